The smallest absolute Gasteiger partial charge is 0.141 e. The summed E-state index contributed by atoms with van der Waals surface area (Å²) in [5.74, 6) is 0.726. The molecule has 0 spiro atoms. The molecule has 2 aromatic carbocycles. The average molecular weight is 347 g/mol. The van der Waals surface area contributed by atoms with E-state index in [4.69, 9.17) is 27.9 Å². The standard InChI is InChI=1S/C16H12Cl2N4O/c17-14-5-4-13(16(18)7-14)9-23-15-3-1-2-12(6-15)8-21-22-10-19-20-11-22/h1-8,10-11H,9H2/b21-8-. The number of rotatable bonds is 5. The summed E-state index contributed by atoms with van der Waals surface area (Å²) in [6, 6.07) is 12.9. The number of ether oxygens (including phenoxy) is 1. The van der Waals surface area contributed by atoms with E-state index in [0.29, 0.717) is 16.7 Å². The molecule has 3 aromatic rings. The van der Waals surface area contributed by atoms with Crippen molar-refractivity contribution in [1.82, 2.24) is 14.9 Å². The first kappa shape index (κ1) is 15.5. The highest BCUT2D eigenvalue weighted by molar-refractivity contribution is 6.35. The minimum Gasteiger partial charge on any atom is -0.489 e. The zero-order valence-corrected chi connectivity index (χ0v) is 13.4. The molecule has 0 aliphatic rings. The predicted molar refractivity (Wildman–Crippen MR) is 90.3 cm³/mol. The molecule has 7 heteroatoms. The van der Waals surface area contributed by atoms with Gasteiger partial charge in [-0.3, -0.25) is 0 Å². The molecule has 0 amide bonds. The van der Waals surface area contributed by atoms with Crippen molar-refractivity contribution >= 4 is 29.4 Å². The minimum absolute atomic E-state index is 0.363. The Kier molecular flexibility index (Phi) is 4.90. The van der Waals surface area contributed by atoms with E-state index in [0.717, 1.165) is 16.9 Å². The van der Waals surface area contributed by atoms with Gasteiger partial charge in [-0.1, -0.05) is 41.4 Å². The molecule has 5 nitrogen and oxygen atoms in total. The maximum atomic E-state index is 6.13. The van der Waals surface area contributed by atoms with Crippen molar-refractivity contribution in [2.75, 3.05) is 0 Å². The summed E-state index contributed by atoms with van der Waals surface area (Å²) in [5.41, 5.74) is 1.78. The lowest BCUT2D eigenvalue weighted by molar-refractivity contribution is 0.306. The number of nitrogens with zero attached hydrogens (tertiary/aromatic N) is 4. The van der Waals surface area contributed by atoms with Gasteiger partial charge in [-0.15, -0.1) is 10.2 Å². The van der Waals surface area contributed by atoms with E-state index in [1.807, 2.05) is 30.3 Å². The maximum absolute atomic E-state index is 6.13. The molecule has 116 valence electrons. The van der Waals surface area contributed by atoms with Crippen LogP contribution in [-0.2, 0) is 6.61 Å². The normalized spacial score (nSPS) is 11.0. The van der Waals surface area contributed by atoms with Crippen LogP contribution in [0, 0.1) is 0 Å². The lowest BCUT2D eigenvalue weighted by atomic mass is 10.2. The quantitative estimate of drug-likeness (QED) is 0.655. The summed E-state index contributed by atoms with van der Waals surface area (Å²) in [7, 11) is 0. The molecule has 0 N–H and O–H groups in total. The topological polar surface area (TPSA) is 52.3 Å². The van der Waals surface area contributed by atoms with Crippen LogP contribution in [0.15, 0.2) is 60.2 Å². The van der Waals surface area contributed by atoms with Gasteiger partial charge in [0.05, 0.1) is 6.21 Å². The van der Waals surface area contributed by atoms with Gasteiger partial charge in [0.1, 0.15) is 25.0 Å². The van der Waals surface area contributed by atoms with Gasteiger partial charge in [0.2, 0.25) is 0 Å². The predicted octanol–water partition coefficient (Wildman–Crippen LogP) is 4.05. The highest BCUT2D eigenvalue weighted by atomic mass is 35.5. The summed E-state index contributed by atoms with van der Waals surface area (Å²) in [6.45, 7) is 0.363. The molecule has 3 rings (SSSR count). The zero-order chi connectivity index (χ0) is 16.1. The Morgan fingerprint density at radius 1 is 1.09 bits per heavy atom. The highest BCUT2D eigenvalue weighted by Crippen LogP contribution is 2.22. The number of hydrogen-bond acceptors (Lipinski definition) is 4. The fourth-order valence-electron chi connectivity index (χ4n) is 1.87. The molecule has 1 heterocycles. The second kappa shape index (κ2) is 7.26. The van der Waals surface area contributed by atoms with Crippen LogP contribution < -0.4 is 4.74 Å². The summed E-state index contributed by atoms with van der Waals surface area (Å²) < 4.78 is 7.28. The van der Waals surface area contributed by atoms with Crippen LogP contribution in [-0.4, -0.2) is 21.1 Å². The van der Waals surface area contributed by atoms with Crippen molar-refractivity contribution in [3.63, 3.8) is 0 Å². The van der Waals surface area contributed by atoms with Crippen molar-refractivity contribution in [2.24, 2.45) is 5.10 Å². The van der Waals surface area contributed by atoms with Crippen molar-refractivity contribution in [1.29, 1.82) is 0 Å². The molecular formula is C16H12Cl2N4O. The van der Waals surface area contributed by atoms with Crippen LogP contribution in [0.2, 0.25) is 10.0 Å². The van der Waals surface area contributed by atoms with E-state index in [1.54, 1.807) is 18.3 Å². The van der Waals surface area contributed by atoms with Crippen LogP contribution in [0.3, 0.4) is 0 Å². The van der Waals surface area contributed by atoms with Gasteiger partial charge in [0.15, 0.2) is 0 Å². The fraction of sp³-hybridized carbons (Fsp3) is 0.0625. The second-order valence-corrected chi connectivity index (χ2v) is 5.53. The Morgan fingerprint density at radius 3 is 2.70 bits per heavy atom. The third-order valence-corrected chi connectivity index (χ3v) is 3.60. The Hall–Kier alpha value is -2.37. The molecule has 0 atom stereocenters. The lowest BCUT2D eigenvalue weighted by Gasteiger charge is -2.08. The van der Waals surface area contributed by atoms with Gasteiger partial charge in [0, 0.05) is 15.6 Å². The van der Waals surface area contributed by atoms with Crippen molar-refractivity contribution in [2.45, 2.75) is 6.61 Å². The van der Waals surface area contributed by atoms with E-state index < -0.39 is 0 Å². The van der Waals surface area contributed by atoms with E-state index in [-0.39, 0.29) is 0 Å². The fourth-order valence-corrected chi connectivity index (χ4v) is 2.34. The summed E-state index contributed by atoms with van der Waals surface area (Å²) in [4.78, 5) is 0. The van der Waals surface area contributed by atoms with Crippen molar-refractivity contribution in [3.05, 3.63) is 76.3 Å². The van der Waals surface area contributed by atoms with Gasteiger partial charge in [-0.05, 0) is 29.8 Å². The molecular weight excluding hydrogens is 335 g/mol. The molecule has 23 heavy (non-hydrogen) atoms. The first-order valence-corrected chi connectivity index (χ1v) is 7.52. The molecule has 0 aliphatic carbocycles. The Bertz CT molecular complexity index is 819. The van der Waals surface area contributed by atoms with E-state index in [2.05, 4.69) is 15.3 Å². The molecule has 0 bridgehead atoms. The molecule has 1 aromatic heterocycles. The van der Waals surface area contributed by atoms with E-state index >= 15 is 0 Å². The molecule has 0 unspecified atom stereocenters. The second-order valence-electron chi connectivity index (χ2n) is 4.68. The maximum Gasteiger partial charge on any atom is 0.141 e. The SMILES string of the molecule is Clc1ccc(COc2cccc(/C=N\n3cnnc3)c2)c(Cl)c1. The first-order valence-electron chi connectivity index (χ1n) is 6.76. The Morgan fingerprint density at radius 2 is 1.91 bits per heavy atom. The zero-order valence-electron chi connectivity index (χ0n) is 11.9. The van der Waals surface area contributed by atoms with Gasteiger partial charge >= 0.3 is 0 Å². The Balaban J connectivity index is 1.68. The van der Waals surface area contributed by atoms with E-state index in [9.17, 15) is 0 Å². The van der Waals surface area contributed by atoms with Gasteiger partial charge in [-0.2, -0.15) is 5.10 Å². The van der Waals surface area contributed by atoms with Gasteiger partial charge in [0.25, 0.3) is 0 Å². The lowest BCUT2D eigenvalue weighted by Crippen LogP contribution is -1.97. The first-order chi connectivity index (χ1) is 11.2. The number of benzene rings is 2. The van der Waals surface area contributed by atoms with Gasteiger partial charge < -0.3 is 4.74 Å². The van der Waals surface area contributed by atoms with Crippen LogP contribution in [0.5, 0.6) is 5.75 Å². The summed E-state index contributed by atoms with van der Waals surface area (Å²) in [6.07, 6.45) is 4.73. The molecule has 0 saturated carbocycles. The third kappa shape index (κ3) is 4.31. The van der Waals surface area contributed by atoms with Crippen molar-refractivity contribution in [3.8, 4) is 5.75 Å². The number of hydrogen-bond donors (Lipinski definition) is 0. The average Bonchev–Trinajstić information content (AvgIpc) is 3.06. The van der Waals surface area contributed by atoms with Crippen molar-refractivity contribution < 1.29 is 4.74 Å². The Labute approximate surface area is 143 Å². The third-order valence-electron chi connectivity index (χ3n) is 3.01. The largest absolute Gasteiger partial charge is 0.489 e. The van der Waals surface area contributed by atoms with E-state index in [1.165, 1.54) is 17.3 Å². The summed E-state index contributed by atoms with van der Waals surface area (Å²) >= 11 is 12.0. The van der Waals surface area contributed by atoms with Crippen LogP contribution in [0.25, 0.3) is 0 Å². The van der Waals surface area contributed by atoms with Crippen LogP contribution >= 0.6 is 23.2 Å². The monoisotopic (exact) mass is 346 g/mol. The minimum atomic E-state index is 0.363. The highest BCUT2D eigenvalue weighted by Gasteiger charge is 2.03. The van der Waals surface area contributed by atoms with Gasteiger partial charge in [-0.25, -0.2) is 4.68 Å². The molecule has 0 radical (unpaired) electrons. The number of aromatic nitrogens is 3. The number of halogens is 2. The summed E-state index contributed by atoms with van der Waals surface area (Å²) in [5, 5.41) is 12.7. The molecule has 0 saturated heterocycles. The molecule has 0 aliphatic heterocycles. The van der Waals surface area contributed by atoms with Crippen LogP contribution in [0.4, 0.5) is 0 Å². The van der Waals surface area contributed by atoms with Crippen LogP contribution in [0.1, 0.15) is 11.1 Å². The molecule has 0 fully saturated rings.